The molecule has 15 heteroatoms. The maximum Gasteiger partial charge on any atom is 0.291 e. The van der Waals surface area contributed by atoms with Crippen LogP contribution in [0, 0.1) is 0 Å². The van der Waals surface area contributed by atoms with E-state index in [0.717, 1.165) is 12.8 Å². The Balaban J connectivity index is 1.65. The zero-order valence-electron chi connectivity index (χ0n) is 18.9. The van der Waals surface area contributed by atoms with E-state index in [4.69, 9.17) is 11.6 Å². The fraction of sp³-hybridized carbons (Fsp3) is 0.550. The van der Waals surface area contributed by atoms with E-state index in [1.807, 2.05) is 16.7 Å². The maximum absolute atomic E-state index is 13.3. The van der Waals surface area contributed by atoms with Crippen molar-refractivity contribution in [3.63, 3.8) is 0 Å². The average molecular weight is 548 g/mol. The highest BCUT2D eigenvalue weighted by Gasteiger charge is 2.41. The number of alkyl halides is 2. The number of imidazole rings is 1. The fourth-order valence-corrected chi connectivity index (χ4v) is 6.52. The maximum atomic E-state index is 13.3. The van der Waals surface area contributed by atoms with Gasteiger partial charge in [-0.15, -0.1) is 10.2 Å². The van der Waals surface area contributed by atoms with Crippen LogP contribution in [-0.4, -0.2) is 76.0 Å². The number of aliphatic hydroxyl groups excluding tert-OH is 1. The second kappa shape index (κ2) is 8.85. The summed E-state index contributed by atoms with van der Waals surface area (Å²) in [6, 6.07) is 1.56. The Morgan fingerprint density at radius 3 is 2.49 bits per heavy atom. The van der Waals surface area contributed by atoms with Crippen molar-refractivity contribution in [1.29, 1.82) is 0 Å². The molecule has 1 unspecified atom stereocenters. The minimum Gasteiger partial charge on any atom is -0.379 e. The first-order chi connectivity index (χ1) is 16.5. The number of piperazine rings is 1. The zero-order chi connectivity index (χ0) is 25.1. The fourth-order valence-electron chi connectivity index (χ4n) is 4.09. The van der Waals surface area contributed by atoms with Gasteiger partial charge in [-0.25, -0.2) is 26.9 Å². The number of nitrogens with zero attached hydrogens (tertiary/aromatic N) is 6. The highest BCUT2D eigenvalue weighted by molar-refractivity contribution is 7.89. The number of halogens is 3. The van der Waals surface area contributed by atoms with Crippen molar-refractivity contribution < 1.29 is 22.3 Å². The average Bonchev–Trinajstić information content (AvgIpc) is 3.20. The molecule has 0 amide bonds. The first-order valence-electron chi connectivity index (χ1n) is 11.0. The van der Waals surface area contributed by atoms with Gasteiger partial charge in [-0.1, -0.05) is 22.9 Å². The quantitative estimate of drug-likeness (QED) is 0.464. The summed E-state index contributed by atoms with van der Waals surface area (Å²) < 4.78 is 57.1. The van der Waals surface area contributed by atoms with Gasteiger partial charge < -0.3 is 10.0 Å². The SMILES string of the molecule is CC(O)N1CCN(c2cc(S(=O)(=O)NC3(C)CC3)cn3c(-c4nnc(C(F)F)s4)nc(Cl)c23)CC1. The molecular weight excluding hydrogens is 524 g/mol. The van der Waals surface area contributed by atoms with E-state index >= 15 is 0 Å². The summed E-state index contributed by atoms with van der Waals surface area (Å²) in [6.45, 7) is 5.68. The van der Waals surface area contributed by atoms with Crippen molar-refractivity contribution >= 4 is 44.2 Å². The Bertz CT molecular complexity index is 1370. The molecule has 2 fully saturated rings. The third-order valence-corrected chi connectivity index (χ3v) is 9.13. The van der Waals surface area contributed by atoms with E-state index in [-0.39, 0.29) is 20.9 Å². The van der Waals surface area contributed by atoms with Gasteiger partial charge in [-0.2, -0.15) is 0 Å². The Hall–Kier alpha value is -1.97. The molecule has 1 saturated carbocycles. The summed E-state index contributed by atoms with van der Waals surface area (Å²) in [5.41, 5.74) is 0.497. The normalized spacial score (nSPS) is 19.6. The monoisotopic (exact) mass is 547 g/mol. The van der Waals surface area contributed by atoms with Gasteiger partial charge >= 0.3 is 0 Å². The van der Waals surface area contributed by atoms with Crippen LogP contribution in [0.25, 0.3) is 16.3 Å². The van der Waals surface area contributed by atoms with E-state index in [1.54, 1.807) is 13.0 Å². The second-order valence-corrected chi connectivity index (χ2v) is 12.1. The topological polar surface area (TPSA) is 116 Å². The number of aromatic nitrogens is 4. The summed E-state index contributed by atoms with van der Waals surface area (Å²) in [5, 5.41) is 17.0. The van der Waals surface area contributed by atoms with Crippen LogP contribution < -0.4 is 9.62 Å². The van der Waals surface area contributed by atoms with Crippen molar-refractivity contribution in [3.8, 4) is 10.8 Å². The third-order valence-electron chi connectivity index (χ3n) is 6.34. The third kappa shape index (κ3) is 4.74. The van der Waals surface area contributed by atoms with Crippen molar-refractivity contribution in [2.75, 3.05) is 31.1 Å². The van der Waals surface area contributed by atoms with Gasteiger partial charge in [0.25, 0.3) is 6.43 Å². The molecule has 0 radical (unpaired) electrons. The molecule has 1 aliphatic carbocycles. The van der Waals surface area contributed by atoms with E-state index in [2.05, 4.69) is 19.9 Å². The van der Waals surface area contributed by atoms with E-state index in [1.165, 1.54) is 10.6 Å². The Labute approximate surface area is 209 Å². The molecule has 1 saturated heterocycles. The highest BCUT2D eigenvalue weighted by Crippen LogP contribution is 2.39. The lowest BCUT2D eigenvalue weighted by atomic mass is 10.2. The summed E-state index contributed by atoms with van der Waals surface area (Å²) in [4.78, 5) is 8.22. The Morgan fingerprint density at radius 2 is 1.91 bits per heavy atom. The van der Waals surface area contributed by atoms with E-state index in [9.17, 15) is 22.3 Å². The minimum atomic E-state index is -3.90. The van der Waals surface area contributed by atoms with Crippen molar-refractivity contribution in [2.45, 2.75) is 49.8 Å². The van der Waals surface area contributed by atoms with E-state index < -0.39 is 33.2 Å². The summed E-state index contributed by atoms with van der Waals surface area (Å²) in [7, 11) is -3.90. The summed E-state index contributed by atoms with van der Waals surface area (Å²) in [6.07, 6.45) is -0.517. The number of rotatable bonds is 7. The van der Waals surface area contributed by atoms with Crippen LogP contribution in [0.2, 0.25) is 5.15 Å². The van der Waals surface area contributed by atoms with Crippen LogP contribution in [0.5, 0.6) is 0 Å². The van der Waals surface area contributed by atoms with Gasteiger partial charge in [0.1, 0.15) is 16.6 Å². The van der Waals surface area contributed by atoms with Crippen LogP contribution in [0.15, 0.2) is 17.2 Å². The number of sulfonamides is 1. The predicted octanol–water partition coefficient (Wildman–Crippen LogP) is 2.73. The van der Waals surface area contributed by atoms with Crippen LogP contribution in [0.3, 0.4) is 0 Å². The number of hydrogen-bond donors (Lipinski definition) is 2. The molecule has 2 aliphatic rings. The summed E-state index contributed by atoms with van der Waals surface area (Å²) >= 11 is 7.19. The lowest BCUT2D eigenvalue weighted by molar-refractivity contribution is 0.0153. The Morgan fingerprint density at radius 1 is 1.23 bits per heavy atom. The molecule has 0 aromatic carbocycles. The van der Waals surface area contributed by atoms with Crippen molar-refractivity contribution in [3.05, 3.63) is 22.4 Å². The summed E-state index contributed by atoms with van der Waals surface area (Å²) in [5.74, 6) is 0.132. The largest absolute Gasteiger partial charge is 0.379 e. The number of fused-ring (bicyclic) bond motifs is 1. The van der Waals surface area contributed by atoms with Crippen LogP contribution in [-0.2, 0) is 10.0 Å². The first-order valence-corrected chi connectivity index (χ1v) is 13.7. The molecule has 3 aromatic heterocycles. The van der Waals surface area contributed by atoms with Gasteiger partial charge in [-0.05, 0) is 32.8 Å². The second-order valence-electron chi connectivity index (χ2n) is 9.07. The Kier molecular flexibility index (Phi) is 6.25. The van der Waals surface area contributed by atoms with Crippen LogP contribution in [0.1, 0.15) is 38.1 Å². The molecular formula is C20H24ClF2N7O3S2. The smallest absolute Gasteiger partial charge is 0.291 e. The molecule has 1 aliphatic heterocycles. The first kappa shape index (κ1) is 24.7. The molecule has 35 heavy (non-hydrogen) atoms. The number of hydrogen-bond acceptors (Lipinski definition) is 9. The van der Waals surface area contributed by atoms with Gasteiger partial charge in [-0.3, -0.25) is 9.30 Å². The molecule has 4 heterocycles. The van der Waals surface area contributed by atoms with E-state index in [0.29, 0.717) is 48.7 Å². The molecule has 2 N–H and O–H groups in total. The zero-order valence-corrected chi connectivity index (χ0v) is 21.3. The van der Waals surface area contributed by atoms with Crippen LogP contribution >= 0.6 is 22.9 Å². The van der Waals surface area contributed by atoms with Gasteiger partial charge in [0.05, 0.1) is 5.69 Å². The van der Waals surface area contributed by atoms with Gasteiger partial charge in [0.2, 0.25) is 10.0 Å². The molecule has 190 valence electrons. The highest BCUT2D eigenvalue weighted by atomic mass is 35.5. The lowest BCUT2D eigenvalue weighted by Gasteiger charge is -2.37. The number of nitrogens with one attached hydrogen (secondary N) is 1. The van der Waals surface area contributed by atoms with Gasteiger partial charge in [0.15, 0.2) is 21.0 Å². The number of anilines is 1. The molecule has 0 bridgehead atoms. The minimum absolute atomic E-state index is 0.00000383. The molecule has 0 spiro atoms. The molecule has 10 nitrogen and oxygen atoms in total. The van der Waals surface area contributed by atoms with Gasteiger partial charge in [0, 0.05) is 37.9 Å². The standard InChI is InChI=1S/C20H24ClF2N7O3S2/c1-11(31)28-5-7-29(8-6-28)13-9-12(35(32,33)27-20(2)3-4-20)10-30-14(13)15(21)24-17(30)19-26-25-18(34-19)16(22)23/h9-11,16,27,31H,3-8H2,1-2H3. The lowest BCUT2D eigenvalue weighted by Crippen LogP contribution is -2.49. The molecule has 1 atom stereocenters. The number of aliphatic hydroxyl groups is 1. The van der Waals surface area contributed by atoms with Crippen molar-refractivity contribution in [1.82, 2.24) is 29.2 Å². The van der Waals surface area contributed by atoms with Crippen molar-refractivity contribution in [2.24, 2.45) is 0 Å². The molecule has 5 rings (SSSR count). The predicted molar refractivity (Wildman–Crippen MR) is 127 cm³/mol. The molecule has 3 aromatic rings. The number of pyridine rings is 1. The van der Waals surface area contributed by atoms with Crippen LogP contribution in [0.4, 0.5) is 14.5 Å².